The van der Waals surface area contributed by atoms with Crippen LogP contribution >= 0.6 is 0 Å². The first-order valence-corrected chi connectivity index (χ1v) is 7.87. The van der Waals surface area contributed by atoms with Crippen molar-refractivity contribution in [1.82, 2.24) is 15.5 Å². The van der Waals surface area contributed by atoms with E-state index < -0.39 is 17.6 Å². The third-order valence-electron chi connectivity index (χ3n) is 3.66. The molecule has 0 aliphatic rings. The highest BCUT2D eigenvalue weighted by Crippen LogP contribution is 2.29. The quantitative estimate of drug-likeness (QED) is 0.684. The maximum absolute atomic E-state index is 12.9. The maximum Gasteiger partial charge on any atom is 0.416 e. The van der Waals surface area contributed by atoms with Gasteiger partial charge in [0.15, 0.2) is 0 Å². The molecule has 1 N–H and O–H groups in total. The Labute approximate surface area is 151 Å². The number of carbonyl (C=O) groups excluding carboxylic acids is 1. The Morgan fingerprint density at radius 3 is 2.30 bits per heavy atom. The minimum absolute atomic E-state index is 0.112. The van der Waals surface area contributed by atoms with Crippen molar-refractivity contribution in [2.24, 2.45) is 0 Å². The summed E-state index contributed by atoms with van der Waals surface area (Å²) < 4.78 is 55.9. The number of alkyl halides is 3. The highest BCUT2D eigenvalue weighted by atomic mass is 19.4. The van der Waals surface area contributed by atoms with Crippen LogP contribution in [0.15, 0.2) is 52.9 Å². The van der Waals surface area contributed by atoms with Gasteiger partial charge in [-0.25, -0.2) is 4.39 Å². The lowest BCUT2D eigenvalue weighted by Gasteiger charge is -2.07. The van der Waals surface area contributed by atoms with E-state index in [-0.39, 0.29) is 36.1 Å². The molecular weight excluding hydrogens is 366 g/mol. The fourth-order valence-corrected chi connectivity index (χ4v) is 2.26. The number of hydrogen-bond acceptors (Lipinski definition) is 4. The van der Waals surface area contributed by atoms with E-state index in [4.69, 9.17) is 4.42 Å². The summed E-state index contributed by atoms with van der Waals surface area (Å²) in [6.07, 6.45) is -4.21. The fraction of sp³-hybridized carbons (Fsp3) is 0.167. The zero-order chi connectivity index (χ0) is 19.4. The minimum Gasteiger partial charge on any atom is -0.421 e. The molecule has 3 aromatic rings. The van der Waals surface area contributed by atoms with Gasteiger partial charge in [-0.3, -0.25) is 4.79 Å². The summed E-state index contributed by atoms with van der Waals surface area (Å²) in [7, 11) is 0. The van der Waals surface area contributed by atoms with E-state index in [1.165, 1.54) is 24.3 Å². The van der Waals surface area contributed by atoms with Gasteiger partial charge in [0.1, 0.15) is 5.82 Å². The Morgan fingerprint density at radius 2 is 1.67 bits per heavy atom. The number of benzene rings is 2. The second-order valence-corrected chi connectivity index (χ2v) is 5.59. The van der Waals surface area contributed by atoms with Gasteiger partial charge in [-0.15, -0.1) is 10.2 Å². The highest BCUT2D eigenvalue weighted by Gasteiger charge is 2.30. The lowest BCUT2D eigenvalue weighted by molar-refractivity contribution is -0.137. The van der Waals surface area contributed by atoms with Gasteiger partial charge in [0.05, 0.1) is 5.56 Å². The van der Waals surface area contributed by atoms with E-state index in [0.717, 1.165) is 24.3 Å². The molecule has 0 atom stereocenters. The molecule has 9 heteroatoms. The molecule has 0 saturated heterocycles. The normalized spacial score (nSPS) is 11.4. The van der Waals surface area contributed by atoms with Gasteiger partial charge >= 0.3 is 6.18 Å². The topological polar surface area (TPSA) is 68.0 Å². The van der Waals surface area contributed by atoms with E-state index in [1.54, 1.807) is 0 Å². The van der Waals surface area contributed by atoms with Crippen molar-refractivity contribution < 1.29 is 26.8 Å². The summed E-state index contributed by atoms with van der Waals surface area (Å²) in [4.78, 5) is 12.0. The van der Waals surface area contributed by atoms with Gasteiger partial charge in [0.25, 0.3) is 5.91 Å². The van der Waals surface area contributed by atoms with Crippen molar-refractivity contribution in [2.45, 2.75) is 12.6 Å². The van der Waals surface area contributed by atoms with Crippen molar-refractivity contribution >= 4 is 5.91 Å². The van der Waals surface area contributed by atoms with Gasteiger partial charge in [0.2, 0.25) is 11.8 Å². The third kappa shape index (κ3) is 4.69. The van der Waals surface area contributed by atoms with Crippen LogP contribution in [0.25, 0.3) is 11.5 Å². The van der Waals surface area contributed by atoms with Crippen LogP contribution in [-0.2, 0) is 12.6 Å². The Morgan fingerprint density at radius 1 is 1.00 bits per heavy atom. The number of halogens is 4. The molecule has 140 valence electrons. The summed E-state index contributed by atoms with van der Waals surface area (Å²) in [6.45, 7) is 0.158. The highest BCUT2D eigenvalue weighted by molar-refractivity contribution is 5.94. The van der Waals surface area contributed by atoms with Crippen molar-refractivity contribution in [3.63, 3.8) is 0 Å². The van der Waals surface area contributed by atoms with Gasteiger partial charge in [-0.2, -0.15) is 13.2 Å². The lowest BCUT2D eigenvalue weighted by atomic mass is 10.1. The molecule has 0 unspecified atom stereocenters. The van der Waals surface area contributed by atoms with Crippen molar-refractivity contribution in [3.8, 4) is 11.5 Å². The molecule has 0 saturated carbocycles. The van der Waals surface area contributed by atoms with Crippen molar-refractivity contribution in [1.29, 1.82) is 0 Å². The zero-order valence-corrected chi connectivity index (χ0v) is 13.8. The Kier molecular flexibility index (Phi) is 5.20. The van der Waals surface area contributed by atoms with Gasteiger partial charge in [-0.05, 0) is 48.5 Å². The largest absolute Gasteiger partial charge is 0.421 e. The second-order valence-electron chi connectivity index (χ2n) is 5.59. The number of nitrogens with zero attached hydrogens (tertiary/aromatic N) is 2. The van der Waals surface area contributed by atoms with Crippen LogP contribution in [0.1, 0.15) is 21.8 Å². The number of hydrogen-bond donors (Lipinski definition) is 1. The predicted octanol–water partition coefficient (Wildman–Crippen LogP) is 3.87. The molecule has 2 aromatic carbocycles. The molecular formula is C18H13F4N3O2. The maximum atomic E-state index is 12.9. The molecule has 1 heterocycles. The number of rotatable bonds is 5. The third-order valence-corrected chi connectivity index (χ3v) is 3.66. The SMILES string of the molecule is O=C(NCCc1nnc(-c2ccc(F)cc2)o1)c1ccc(C(F)(F)F)cc1. The van der Waals surface area contributed by atoms with E-state index in [0.29, 0.717) is 5.56 Å². The van der Waals surface area contributed by atoms with Crippen LogP contribution in [0.5, 0.6) is 0 Å². The van der Waals surface area contributed by atoms with Crippen LogP contribution in [-0.4, -0.2) is 22.6 Å². The number of carbonyl (C=O) groups is 1. The smallest absolute Gasteiger partial charge is 0.416 e. The van der Waals surface area contributed by atoms with Gasteiger partial charge in [0, 0.05) is 24.1 Å². The first-order chi connectivity index (χ1) is 12.8. The van der Waals surface area contributed by atoms with Crippen LogP contribution < -0.4 is 5.32 Å². The first-order valence-electron chi connectivity index (χ1n) is 7.87. The molecule has 1 amide bonds. The van der Waals surface area contributed by atoms with E-state index in [2.05, 4.69) is 15.5 Å². The average Bonchev–Trinajstić information content (AvgIpc) is 3.10. The zero-order valence-electron chi connectivity index (χ0n) is 13.8. The molecule has 1 aromatic heterocycles. The lowest BCUT2D eigenvalue weighted by Crippen LogP contribution is -2.25. The van der Waals surface area contributed by atoms with Crippen LogP contribution in [0, 0.1) is 5.82 Å². The summed E-state index contributed by atoms with van der Waals surface area (Å²) in [6, 6.07) is 9.45. The second kappa shape index (κ2) is 7.56. The molecule has 0 aliphatic heterocycles. The molecule has 0 fully saturated rings. The van der Waals surface area contributed by atoms with E-state index in [1.807, 2.05) is 0 Å². The monoisotopic (exact) mass is 379 g/mol. The molecule has 27 heavy (non-hydrogen) atoms. The number of nitrogens with one attached hydrogen (secondary N) is 1. The summed E-state index contributed by atoms with van der Waals surface area (Å²) in [5.74, 6) is -0.410. The summed E-state index contributed by atoms with van der Waals surface area (Å²) >= 11 is 0. The van der Waals surface area contributed by atoms with E-state index >= 15 is 0 Å². The summed E-state index contributed by atoms with van der Waals surface area (Å²) in [5.41, 5.74) is -0.150. The molecule has 5 nitrogen and oxygen atoms in total. The molecule has 0 aliphatic carbocycles. The van der Waals surface area contributed by atoms with Crippen LogP contribution in [0.2, 0.25) is 0 Å². The molecule has 3 rings (SSSR count). The molecule has 0 radical (unpaired) electrons. The Balaban J connectivity index is 1.54. The average molecular weight is 379 g/mol. The van der Waals surface area contributed by atoms with Crippen molar-refractivity contribution in [2.75, 3.05) is 6.54 Å². The number of amides is 1. The van der Waals surface area contributed by atoms with Crippen molar-refractivity contribution in [3.05, 3.63) is 71.4 Å². The standard InChI is InChI=1S/C18H13F4N3O2/c19-14-7-3-12(4-8-14)17-25-24-15(27-17)9-10-23-16(26)11-1-5-13(6-2-11)18(20,21)22/h1-8H,9-10H2,(H,23,26). The number of aromatic nitrogens is 2. The Bertz CT molecular complexity index is 919. The van der Waals surface area contributed by atoms with Crippen LogP contribution in [0.3, 0.4) is 0 Å². The first kappa shape index (κ1) is 18.6. The van der Waals surface area contributed by atoms with E-state index in [9.17, 15) is 22.4 Å². The molecule has 0 spiro atoms. The fourth-order valence-electron chi connectivity index (χ4n) is 2.26. The minimum atomic E-state index is -4.45. The Hall–Kier alpha value is -3.23. The summed E-state index contributed by atoms with van der Waals surface area (Å²) in [5, 5.41) is 10.2. The molecule has 0 bridgehead atoms. The predicted molar refractivity (Wildman–Crippen MR) is 87.2 cm³/mol. The van der Waals surface area contributed by atoms with Crippen LogP contribution in [0.4, 0.5) is 17.6 Å². The van der Waals surface area contributed by atoms with Gasteiger partial charge in [-0.1, -0.05) is 0 Å². The van der Waals surface area contributed by atoms with Gasteiger partial charge < -0.3 is 9.73 Å².